The highest BCUT2D eigenvalue weighted by atomic mass is 16.5. The number of carbonyl (C=O) groups is 1. The van der Waals surface area contributed by atoms with E-state index in [1.54, 1.807) is 7.11 Å². The van der Waals surface area contributed by atoms with Gasteiger partial charge in [-0.25, -0.2) is 0 Å². The Kier molecular flexibility index (Phi) is 6.21. The van der Waals surface area contributed by atoms with Gasteiger partial charge in [0.1, 0.15) is 5.75 Å². The molecule has 2 aromatic rings. The first-order chi connectivity index (χ1) is 11.2. The van der Waals surface area contributed by atoms with E-state index in [4.69, 9.17) is 4.74 Å². The van der Waals surface area contributed by atoms with Gasteiger partial charge in [-0.1, -0.05) is 38.1 Å². The molecule has 3 nitrogen and oxygen atoms in total. The van der Waals surface area contributed by atoms with E-state index >= 15 is 0 Å². The molecule has 0 aliphatic heterocycles. The second kappa shape index (κ2) is 8.37. The highest BCUT2D eigenvalue weighted by molar-refractivity contribution is 5.95. The van der Waals surface area contributed by atoms with Crippen molar-refractivity contribution in [2.24, 2.45) is 0 Å². The fraction of sp³-hybridized carbons (Fsp3) is 0.350. The Balaban J connectivity index is 2.25. The lowest BCUT2D eigenvalue weighted by Gasteiger charge is -2.21. The molecule has 0 aliphatic rings. The lowest BCUT2D eigenvalue weighted by molar-refractivity contribution is 0.0755. The van der Waals surface area contributed by atoms with Gasteiger partial charge in [-0.3, -0.25) is 4.79 Å². The van der Waals surface area contributed by atoms with Gasteiger partial charge >= 0.3 is 0 Å². The maximum atomic E-state index is 12.7. The van der Waals surface area contributed by atoms with Gasteiger partial charge in [-0.2, -0.15) is 0 Å². The number of nitrogens with zero attached hydrogens (tertiary/aromatic N) is 1. The van der Waals surface area contributed by atoms with E-state index < -0.39 is 0 Å². The van der Waals surface area contributed by atoms with Crippen molar-refractivity contribution in [2.45, 2.75) is 26.7 Å². The van der Waals surface area contributed by atoms with Crippen LogP contribution >= 0.6 is 0 Å². The molecular formula is C20H25NO2. The van der Waals surface area contributed by atoms with Crippen LogP contribution in [0.3, 0.4) is 0 Å². The van der Waals surface area contributed by atoms with Crippen LogP contribution in [-0.4, -0.2) is 31.0 Å². The summed E-state index contributed by atoms with van der Waals surface area (Å²) < 4.78 is 5.19. The Bertz CT molecular complexity index is 628. The minimum absolute atomic E-state index is 0.115. The van der Waals surface area contributed by atoms with E-state index in [-0.39, 0.29) is 5.91 Å². The average molecular weight is 311 g/mol. The Labute approximate surface area is 138 Å². The zero-order valence-corrected chi connectivity index (χ0v) is 14.2. The Morgan fingerprint density at radius 2 is 1.61 bits per heavy atom. The summed E-state index contributed by atoms with van der Waals surface area (Å²) in [6.07, 6.45) is 1.95. The molecule has 2 rings (SSSR count). The minimum Gasteiger partial charge on any atom is -0.497 e. The quantitative estimate of drug-likeness (QED) is 0.746. The highest BCUT2D eigenvalue weighted by Crippen LogP contribution is 2.23. The van der Waals surface area contributed by atoms with Crippen LogP contribution in [0.2, 0.25) is 0 Å². The molecule has 2 aromatic carbocycles. The van der Waals surface area contributed by atoms with E-state index in [2.05, 4.69) is 13.8 Å². The second-order valence-corrected chi connectivity index (χ2v) is 5.60. The van der Waals surface area contributed by atoms with Gasteiger partial charge < -0.3 is 9.64 Å². The van der Waals surface area contributed by atoms with Crippen LogP contribution in [0.5, 0.6) is 5.75 Å². The molecule has 0 saturated carbocycles. The van der Waals surface area contributed by atoms with Gasteiger partial charge in [-0.15, -0.1) is 0 Å². The first-order valence-corrected chi connectivity index (χ1v) is 8.23. The van der Waals surface area contributed by atoms with Gasteiger partial charge in [0.2, 0.25) is 0 Å². The van der Waals surface area contributed by atoms with Crippen molar-refractivity contribution in [1.82, 2.24) is 4.90 Å². The van der Waals surface area contributed by atoms with Gasteiger partial charge in [0, 0.05) is 18.7 Å². The van der Waals surface area contributed by atoms with E-state index in [9.17, 15) is 4.79 Å². The number of benzene rings is 2. The Morgan fingerprint density at radius 3 is 2.17 bits per heavy atom. The summed E-state index contributed by atoms with van der Waals surface area (Å²) >= 11 is 0. The monoisotopic (exact) mass is 311 g/mol. The van der Waals surface area contributed by atoms with Crippen LogP contribution in [0.25, 0.3) is 11.1 Å². The molecule has 0 N–H and O–H groups in total. The molecule has 23 heavy (non-hydrogen) atoms. The highest BCUT2D eigenvalue weighted by Gasteiger charge is 2.14. The standard InChI is InChI=1S/C20H25NO2/c1-4-13-21(14-5-2)20(22)18-8-6-7-17(15-18)16-9-11-19(23-3)12-10-16/h6-12,15H,4-5,13-14H2,1-3H3. The van der Waals surface area contributed by atoms with Gasteiger partial charge in [0.25, 0.3) is 5.91 Å². The molecule has 0 saturated heterocycles. The number of carbonyl (C=O) groups excluding carboxylic acids is 1. The van der Waals surface area contributed by atoms with Crippen LogP contribution in [0, 0.1) is 0 Å². The third-order valence-electron chi connectivity index (χ3n) is 3.81. The average Bonchev–Trinajstić information content (AvgIpc) is 2.61. The van der Waals surface area contributed by atoms with Crippen LogP contribution in [0.4, 0.5) is 0 Å². The molecular weight excluding hydrogens is 286 g/mol. The first-order valence-electron chi connectivity index (χ1n) is 8.23. The maximum absolute atomic E-state index is 12.7. The lowest BCUT2D eigenvalue weighted by atomic mass is 10.0. The number of methoxy groups -OCH3 is 1. The topological polar surface area (TPSA) is 29.5 Å². The van der Waals surface area contributed by atoms with Crippen molar-refractivity contribution in [3.8, 4) is 16.9 Å². The molecule has 0 bridgehead atoms. The number of hydrogen-bond acceptors (Lipinski definition) is 2. The number of ether oxygens (including phenoxy) is 1. The summed E-state index contributed by atoms with van der Waals surface area (Å²) in [6, 6.07) is 15.7. The van der Waals surface area contributed by atoms with Crippen molar-refractivity contribution in [3.05, 3.63) is 54.1 Å². The second-order valence-electron chi connectivity index (χ2n) is 5.60. The van der Waals surface area contributed by atoms with Gasteiger partial charge in [-0.05, 0) is 48.2 Å². The summed E-state index contributed by atoms with van der Waals surface area (Å²) in [5.74, 6) is 0.946. The molecule has 0 aromatic heterocycles. The zero-order chi connectivity index (χ0) is 16.7. The molecule has 1 amide bonds. The Hall–Kier alpha value is -2.29. The predicted molar refractivity (Wildman–Crippen MR) is 94.9 cm³/mol. The number of amides is 1. The molecule has 0 unspecified atom stereocenters. The van der Waals surface area contributed by atoms with Crippen LogP contribution in [0.15, 0.2) is 48.5 Å². The van der Waals surface area contributed by atoms with Crippen LogP contribution in [-0.2, 0) is 0 Å². The number of hydrogen-bond donors (Lipinski definition) is 0. The minimum atomic E-state index is 0.115. The molecule has 3 heteroatoms. The van der Waals surface area contributed by atoms with E-state index in [1.165, 1.54) is 0 Å². The maximum Gasteiger partial charge on any atom is 0.253 e. The third-order valence-corrected chi connectivity index (χ3v) is 3.81. The fourth-order valence-electron chi connectivity index (χ4n) is 2.65. The van der Waals surface area contributed by atoms with Crippen molar-refractivity contribution >= 4 is 5.91 Å². The van der Waals surface area contributed by atoms with E-state index in [0.717, 1.165) is 48.4 Å². The van der Waals surface area contributed by atoms with Crippen LogP contribution < -0.4 is 4.74 Å². The van der Waals surface area contributed by atoms with E-state index in [0.29, 0.717) is 0 Å². The van der Waals surface area contributed by atoms with Gasteiger partial charge in [0.05, 0.1) is 7.11 Å². The largest absolute Gasteiger partial charge is 0.497 e. The van der Waals surface area contributed by atoms with Crippen LogP contribution in [0.1, 0.15) is 37.0 Å². The summed E-state index contributed by atoms with van der Waals surface area (Å²) in [6.45, 7) is 5.81. The smallest absolute Gasteiger partial charge is 0.253 e. The first kappa shape index (κ1) is 17.1. The predicted octanol–water partition coefficient (Wildman–Crippen LogP) is 4.62. The Morgan fingerprint density at radius 1 is 0.957 bits per heavy atom. The lowest BCUT2D eigenvalue weighted by Crippen LogP contribution is -2.32. The van der Waals surface area contributed by atoms with Crippen molar-refractivity contribution in [2.75, 3.05) is 20.2 Å². The summed E-state index contributed by atoms with van der Waals surface area (Å²) in [5.41, 5.74) is 2.88. The normalized spacial score (nSPS) is 10.4. The molecule has 0 aliphatic carbocycles. The molecule has 0 spiro atoms. The van der Waals surface area contributed by atoms with Gasteiger partial charge in [0.15, 0.2) is 0 Å². The SMILES string of the molecule is CCCN(CCC)C(=O)c1cccc(-c2ccc(OC)cc2)c1. The molecule has 0 fully saturated rings. The van der Waals surface area contributed by atoms with E-state index in [1.807, 2.05) is 53.4 Å². The number of rotatable bonds is 7. The molecule has 0 radical (unpaired) electrons. The van der Waals surface area contributed by atoms with Crippen molar-refractivity contribution in [3.63, 3.8) is 0 Å². The zero-order valence-electron chi connectivity index (χ0n) is 14.2. The molecule has 0 atom stereocenters. The molecule has 122 valence electrons. The summed E-state index contributed by atoms with van der Waals surface area (Å²) in [7, 11) is 1.66. The van der Waals surface area contributed by atoms with Crippen molar-refractivity contribution < 1.29 is 9.53 Å². The molecule has 0 heterocycles. The summed E-state index contributed by atoms with van der Waals surface area (Å²) in [5, 5.41) is 0. The summed E-state index contributed by atoms with van der Waals surface area (Å²) in [4.78, 5) is 14.7. The van der Waals surface area contributed by atoms with Crippen molar-refractivity contribution in [1.29, 1.82) is 0 Å². The third kappa shape index (κ3) is 4.35. The fourth-order valence-corrected chi connectivity index (χ4v) is 2.65.